The molecule has 140 valence electrons. The summed E-state index contributed by atoms with van der Waals surface area (Å²) in [4.78, 5) is 24.1. The Labute approximate surface area is 159 Å². The van der Waals surface area contributed by atoms with Crippen LogP contribution in [0.4, 0.5) is 0 Å². The Morgan fingerprint density at radius 3 is 2.96 bits per heavy atom. The Balaban J connectivity index is 1.54. The number of carbonyl (C=O) groups is 1. The normalized spacial score (nSPS) is 15.8. The summed E-state index contributed by atoms with van der Waals surface area (Å²) in [6.07, 6.45) is 5.12. The smallest absolute Gasteiger partial charge is 0.305 e. The second-order valence-corrected chi connectivity index (χ2v) is 7.04. The monoisotopic (exact) mass is 375 g/mol. The summed E-state index contributed by atoms with van der Waals surface area (Å²) in [5, 5.41) is 14.4. The molecular weight excluding hydrogens is 358 g/mol. The van der Waals surface area contributed by atoms with Crippen molar-refractivity contribution in [3.63, 3.8) is 0 Å². The van der Waals surface area contributed by atoms with Crippen molar-refractivity contribution in [1.29, 1.82) is 0 Å². The maximum Gasteiger partial charge on any atom is 0.305 e. The van der Waals surface area contributed by atoms with E-state index in [9.17, 15) is 9.90 Å². The Hall–Kier alpha value is -3.55. The predicted octanol–water partition coefficient (Wildman–Crippen LogP) is 3.42. The highest BCUT2D eigenvalue weighted by atomic mass is 16.5. The molecule has 0 saturated carbocycles. The van der Waals surface area contributed by atoms with Crippen molar-refractivity contribution in [2.75, 3.05) is 0 Å². The topological polar surface area (TPSA) is 107 Å². The molecule has 3 aromatic heterocycles. The van der Waals surface area contributed by atoms with Crippen LogP contribution in [-0.2, 0) is 11.2 Å². The molecule has 0 amide bonds. The van der Waals surface area contributed by atoms with Gasteiger partial charge in [-0.15, -0.1) is 0 Å². The molecule has 0 fully saturated rings. The molecule has 5 rings (SSSR count). The van der Waals surface area contributed by atoms with Crippen LogP contribution >= 0.6 is 0 Å². The third-order valence-electron chi connectivity index (χ3n) is 5.11. The van der Waals surface area contributed by atoms with Crippen molar-refractivity contribution in [2.24, 2.45) is 0 Å². The lowest BCUT2D eigenvalue weighted by atomic mass is 10.1. The van der Waals surface area contributed by atoms with E-state index < -0.39 is 5.97 Å². The molecule has 28 heavy (non-hydrogen) atoms. The molecule has 1 aliphatic rings. The van der Waals surface area contributed by atoms with E-state index >= 15 is 0 Å². The molecular formula is C20H17N5O3. The highest BCUT2D eigenvalue weighted by Gasteiger charge is 2.26. The number of carboxylic acid groups (broad SMARTS) is 1. The Kier molecular flexibility index (Phi) is 3.71. The highest BCUT2D eigenvalue weighted by molar-refractivity contribution is 5.86. The van der Waals surface area contributed by atoms with Crippen molar-refractivity contribution in [2.45, 2.75) is 32.2 Å². The first-order valence-electron chi connectivity index (χ1n) is 9.07. The molecule has 0 bridgehead atoms. The van der Waals surface area contributed by atoms with E-state index in [0.29, 0.717) is 17.4 Å². The van der Waals surface area contributed by atoms with E-state index in [1.165, 1.54) is 5.69 Å². The maximum absolute atomic E-state index is 11.2. The lowest BCUT2D eigenvalue weighted by Gasteiger charge is -2.13. The minimum Gasteiger partial charge on any atom is -0.481 e. The molecule has 1 atom stereocenters. The summed E-state index contributed by atoms with van der Waals surface area (Å²) >= 11 is 0. The first kappa shape index (κ1) is 16.6. The summed E-state index contributed by atoms with van der Waals surface area (Å²) in [6, 6.07) is 8.05. The van der Waals surface area contributed by atoms with Gasteiger partial charge in [0.2, 0.25) is 5.82 Å². The van der Waals surface area contributed by atoms with Crippen LogP contribution < -0.4 is 0 Å². The third kappa shape index (κ3) is 2.74. The first-order valence-corrected chi connectivity index (χ1v) is 9.07. The highest BCUT2D eigenvalue weighted by Crippen LogP contribution is 2.36. The number of fused-ring (bicyclic) bond motifs is 3. The van der Waals surface area contributed by atoms with E-state index in [-0.39, 0.29) is 12.5 Å². The van der Waals surface area contributed by atoms with Crippen LogP contribution in [0.15, 0.2) is 41.2 Å². The SMILES string of the molecule is Cc1cnc(-c2nc(-c3ccc4cc5n(c4c3)C(CC(=O)O)CC5)no2)cn1. The van der Waals surface area contributed by atoms with Gasteiger partial charge in [-0.05, 0) is 37.3 Å². The molecule has 8 nitrogen and oxygen atoms in total. The average Bonchev–Trinajstić information content (AvgIpc) is 3.38. The molecule has 0 radical (unpaired) electrons. The number of benzene rings is 1. The number of nitrogens with zero attached hydrogens (tertiary/aromatic N) is 5. The van der Waals surface area contributed by atoms with Gasteiger partial charge in [-0.2, -0.15) is 4.98 Å². The summed E-state index contributed by atoms with van der Waals surface area (Å²) in [7, 11) is 0. The zero-order valence-electron chi connectivity index (χ0n) is 15.2. The van der Waals surface area contributed by atoms with Gasteiger partial charge in [-0.1, -0.05) is 17.3 Å². The summed E-state index contributed by atoms with van der Waals surface area (Å²) in [5.74, 6) is -0.00721. The second-order valence-electron chi connectivity index (χ2n) is 7.04. The molecule has 1 aromatic carbocycles. The molecule has 0 spiro atoms. The van der Waals surface area contributed by atoms with E-state index in [1.807, 2.05) is 25.1 Å². The Morgan fingerprint density at radius 2 is 2.18 bits per heavy atom. The molecule has 1 N–H and O–H groups in total. The lowest BCUT2D eigenvalue weighted by Crippen LogP contribution is -2.09. The zero-order valence-corrected chi connectivity index (χ0v) is 15.2. The molecule has 4 heterocycles. The van der Waals surface area contributed by atoms with Crippen molar-refractivity contribution >= 4 is 16.9 Å². The van der Waals surface area contributed by atoms with Crippen LogP contribution in [-0.4, -0.2) is 35.8 Å². The number of aliphatic carboxylic acids is 1. The van der Waals surface area contributed by atoms with Gasteiger partial charge >= 0.3 is 5.97 Å². The fourth-order valence-electron chi connectivity index (χ4n) is 3.83. The van der Waals surface area contributed by atoms with E-state index in [0.717, 1.165) is 35.0 Å². The largest absolute Gasteiger partial charge is 0.481 e. The van der Waals surface area contributed by atoms with Gasteiger partial charge in [0, 0.05) is 29.0 Å². The minimum absolute atomic E-state index is 0.0242. The fraction of sp³-hybridized carbons (Fsp3) is 0.250. The van der Waals surface area contributed by atoms with Crippen molar-refractivity contribution in [3.05, 3.63) is 48.0 Å². The standard InChI is InChI=1S/C20H17N5O3/c1-11-9-22-16(10-21-11)20-23-19(24-28-20)13-3-2-12-6-14-4-5-15(8-18(26)27)25(14)17(12)7-13/h2-3,6-7,9-10,15H,4-5,8H2,1H3,(H,26,27). The van der Waals surface area contributed by atoms with E-state index in [1.54, 1.807) is 12.4 Å². The number of aromatic nitrogens is 5. The van der Waals surface area contributed by atoms with Gasteiger partial charge in [0.15, 0.2) is 0 Å². The van der Waals surface area contributed by atoms with Crippen LogP contribution in [0.3, 0.4) is 0 Å². The molecule has 4 aromatic rings. The van der Waals surface area contributed by atoms with Gasteiger partial charge in [0.1, 0.15) is 5.69 Å². The number of hydrogen-bond donors (Lipinski definition) is 1. The molecule has 1 unspecified atom stereocenters. The number of hydrogen-bond acceptors (Lipinski definition) is 6. The van der Waals surface area contributed by atoms with Crippen LogP contribution in [0, 0.1) is 6.92 Å². The van der Waals surface area contributed by atoms with Crippen LogP contribution in [0.1, 0.15) is 30.3 Å². The van der Waals surface area contributed by atoms with Crippen LogP contribution in [0.2, 0.25) is 0 Å². The molecule has 8 heteroatoms. The lowest BCUT2D eigenvalue weighted by molar-refractivity contribution is -0.137. The number of rotatable bonds is 4. The van der Waals surface area contributed by atoms with Gasteiger partial charge < -0.3 is 14.2 Å². The predicted molar refractivity (Wildman–Crippen MR) is 101 cm³/mol. The molecule has 0 aliphatic carbocycles. The zero-order chi connectivity index (χ0) is 19.3. The Bertz CT molecular complexity index is 1190. The minimum atomic E-state index is -0.780. The van der Waals surface area contributed by atoms with Crippen molar-refractivity contribution in [3.8, 4) is 23.0 Å². The third-order valence-corrected chi connectivity index (χ3v) is 5.11. The van der Waals surface area contributed by atoms with Gasteiger partial charge in [-0.25, -0.2) is 4.98 Å². The van der Waals surface area contributed by atoms with Crippen LogP contribution in [0.25, 0.3) is 33.9 Å². The number of aryl methyl sites for hydroxylation is 2. The van der Waals surface area contributed by atoms with Crippen molar-refractivity contribution in [1.82, 2.24) is 24.7 Å². The second kappa shape index (κ2) is 6.26. The van der Waals surface area contributed by atoms with Gasteiger partial charge in [0.05, 0.1) is 18.3 Å². The first-order chi connectivity index (χ1) is 13.6. The molecule has 1 aliphatic heterocycles. The van der Waals surface area contributed by atoms with E-state index in [2.05, 4.69) is 30.7 Å². The van der Waals surface area contributed by atoms with E-state index in [4.69, 9.17) is 4.52 Å². The fourth-order valence-corrected chi connectivity index (χ4v) is 3.83. The molecule has 0 saturated heterocycles. The van der Waals surface area contributed by atoms with Crippen LogP contribution in [0.5, 0.6) is 0 Å². The quantitative estimate of drug-likeness (QED) is 0.582. The maximum atomic E-state index is 11.2. The summed E-state index contributed by atoms with van der Waals surface area (Å²) in [5.41, 5.74) is 4.31. The summed E-state index contributed by atoms with van der Waals surface area (Å²) < 4.78 is 7.50. The number of carboxylic acids is 1. The van der Waals surface area contributed by atoms with Crippen molar-refractivity contribution < 1.29 is 14.4 Å². The van der Waals surface area contributed by atoms with Gasteiger partial charge in [-0.3, -0.25) is 9.78 Å². The average molecular weight is 375 g/mol. The van der Waals surface area contributed by atoms with Gasteiger partial charge in [0.25, 0.3) is 5.89 Å². The Morgan fingerprint density at radius 1 is 1.29 bits per heavy atom. The summed E-state index contributed by atoms with van der Waals surface area (Å²) in [6.45, 7) is 1.86.